The summed E-state index contributed by atoms with van der Waals surface area (Å²) < 4.78 is 28.7. The minimum Gasteiger partial charge on any atom is -0.495 e. The first kappa shape index (κ1) is 31.9. The number of ether oxygens (including phenoxy) is 2. The molecule has 1 atom stereocenters. The van der Waals surface area contributed by atoms with Gasteiger partial charge in [-0.3, -0.25) is 14.4 Å². The van der Waals surface area contributed by atoms with Crippen LogP contribution in [0.1, 0.15) is 49.2 Å². The van der Waals surface area contributed by atoms with E-state index in [2.05, 4.69) is 10.3 Å². The van der Waals surface area contributed by atoms with Crippen LogP contribution in [0.15, 0.2) is 59.7 Å². The predicted octanol–water partition coefficient (Wildman–Crippen LogP) is 5.21. The second-order valence-corrected chi connectivity index (χ2v) is 11.6. The SMILES string of the molecule is COc1cn(C(CCOC(C)(C)C)C(=O)Cc2ccc(C(N)=O)c(F)c2)c(=O)cc1-c1cc(Cl)ccc1-n1cc(Cl)nn1. The molecule has 0 aliphatic rings. The number of hydrogen-bond acceptors (Lipinski definition) is 7. The number of amides is 1. The van der Waals surface area contributed by atoms with E-state index >= 15 is 0 Å². The van der Waals surface area contributed by atoms with E-state index < -0.39 is 28.9 Å². The number of ketones is 1. The monoisotopic (exact) mass is 629 g/mol. The summed E-state index contributed by atoms with van der Waals surface area (Å²) in [4.78, 5) is 38.8. The molecule has 4 rings (SSSR count). The van der Waals surface area contributed by atoms with Crippen LogP contribution in [0.3, 0.4) is 0 Å². The Hall–Kier alpha value is -4.06. The predicted molar refractivity (Wildman–Crippen MR) is 161 cm³/mol. The fraction of sp³-hybridized carbons (Fsp3) is 0.300. The zero-order valence-electron chi connectivity index (χ0n) is 23.9. The summed E-state index contributed by atoms with van der Waals surface area (Å²) >= 11 is 12.3. The first-order valence-electron chi connectivity index (χ1n) is 13.2. The Bertz CT molecular complexity index is 1730. The van der Waals surface area contributed by atoms with Gasteiger partial charge in [0.05, 0.1) is 42.4 Å². The highest BCUT2D eigenvalue weighted by Gasteiger charge is 2.26. The molecule has 1 unspecified atom stereocenters. The molecule has 43 heavy (non-hydrogen) atoms. The molecule has 2 aromatic carbocycles. The number of halogens is 3. The third-order valence-electron chi connectivity index (χ3n) is 6.54. The number of pyridine rings is 1. The van der Waals surface area contributed by atoms with Gasteiger partial charge in [-0.25, -0.2) is 9.07 Å². The molecule has 0 aliphatic carbocycles. The van der Waals surface area contributed by atoms with Crippen molar-refractivity contribution in [1.82, 2.24) is 19.6 Å². The molecule has 4 aromatic rings. The van der Waals surface area contributed by atoms with Gasteiger partial charge >= 0.3 is 0 Å². The topological polar surface area (TPSA) is 131 Å². The van der Waals surface area contributed by atoms with E-state index in [0.717, 1.165) is 6.07 Å². The summed E-state index contributed by atoms with van der Waals surface area (Å²) in [6, 6.07) is 9.14. The van der Waals surface area contributed by atoms with Crippen LogP contribution >= 0.6 is 23.2 Å². The van der Waals surface area contributed by atoms with E-state index in [1.807, 2.05) is 20.8 Å². The zero-order valence-corrected chi connectivity index (χ0v) is 25.4. The molecular weight excluding hydrogens is 600 g/mol. The molecule has 2 aromatic heterocycles. The van der Waals surface area contributed by atoms with Gasteiger partial charge in [-0.05, 0) is 63.1 Å². The second-order valence-electron chi connectivity index (χ2n) is 10.7. The number of hydrogen-bond donors (Lipinski definition) is 1. The van der Waals surface area contributed by atoms with Crippen LogP contribution in [-0.2, 0) is 16.0 Å². The average molecular weight is 631 g/mol. The van der Waals surface area contributed by atoms with Crippen molar-refractivity contribution in [1.29, 1.82) is 0 Å². The number of rotatable bonds is 11. The van der Waals surface area contributed by atoms with Gasteiger partial charge in [0.25, 0.3) is 11.5 Å². The summed E-state index contributed by atoms with van der Waals surface area (Å²) in [5.74, 6) is -1.84. The smallest absolute Gasteiger partial charge is 0.252 e. The van der Waals surface area contributed by atoms with Crippen LogP contribution in [0, 0.1) is 5.82 Å². The molecule has 226 valence electrons. The minimum atomic E-state index is -0.982. The first-order chi connectivity index (χ1) is 20.3. The maximum Gasteiger partial charge on any atom is 0.252 e. The fourth-order valence-electron chi connectivity index (χ4n) is 4.55. The molecule has 0 saturated heterocycles. The van der Waals surface area contributed by atoms with Crippen LogP contribution in [0.5, 0.6) is 5.75 Å². The maximum absolute atomic E-state index is 14.4. The normalized spacial score (nSPS) is 12.3. The standard InChI is InChI=1S/C30H30Cl2FN5O5/c1-30(2,3)43-10-9-24(25(39)12-17-5-7-19(29(34)41)22(33)11-17)37-15-26(42-4)21(14-28(37)40)20-13-18(31)6-8-23(20)38-16-27(32)35-36-38/h5-8,11,13-16,24H,9-10,12H2,1-4H3,(H2,34,41). The van der Waals surface area contributed by atoms with Crippen LogP contribution in [0.2, 0.25) is 10.2 Å². The van der Waals surface area contributed by atoms with Crippen molar-refractivity contribution in [2.75, 3.05) is 13.7 Å². The fourth-order valence-corrected chi connectivity index (χ4v) is 4.85. The number of carbonyl (C=O) groups is 2. The Morgan fingerprint density at radius 3 is 2.42 bits per heavy atom. The van der Waals surface area contributed by atoms with E-state index in [-0.39, 0.29) is 41.7 Å². The maximum atomic E-state index is 14.4. The lowest BCUT2D eigenvalue weighted by Gasteiger charge is -2.24. The number of benzene rings is 2. The third kappa shape index (κ3) is 7.67. The van der Waals surface area contributed by atoms with Crippen molar-refractivity contribution in [3.8, 4) is 22.6 Å². The van der Waals surface area contributed by atoms with Gasteiger partial charge in [0, 0.05) is 35.2 Å². The van der Waals surface area contributed by atoms with Crippen LogP contribution in [0.25, 0.3) is 16.8 Å². The Balaban J connectivity index is 1.77. The number of nitrogens with zero attached hydrogens (tertiary/aromatic N) is 4. The molecule has 0 fully saturated rings. The van der Waals surface area contributed by atoms with Gasteiger partial charge in [0.15, 0.2) is 10.9 Å². The average Bonchev–Trinajstić information content (AvgIpc) is 3.36. The zero-order chi connectivity index (χ0) is 31.5. The van der Waals surface area contributed by atoms with Gasteiger partial charge in [-0.2, -0.15) is 0 Å². The van der Waals surface area contributed by atoms with Crippen LogP contribution in [0.4, 0.5) is 4.39 Å². The van der Waals surface area contributed by atoms with Crippen molar-refractivity contribution in [2.45, 2.75) is 45.3 Å². The quantitative estimate of drug-likeness (QED) is 0.241. The summed E-state index contributed by atoms with van der Waals surface area (Å²) in [6.07, 6.45) is 2.90. The minimum absolute atomic E-state index is 0.153. The molecule has 0 aliphatic heterocycles. The first-order valence-corrected chi connectivity index (χ1v) is 14.0. The molecule has 13 heteroatoms. The number of primary amides is 1. The van der Waals surface area contributed by atoms with Crippen molar-refractivity contribution in [3.63, 3.8) is 0 Å². The highest BCUT2D eigenvalue weighted by atomic mass is 35.5. The van der Waals surface area contributed by atoms with E-state index in [4.69, 9.17) is 38.4 Å². The van der Waals surface area contributed by atoms with E-state index in [1.165, 1.54) is 47.0 Å². The Morgan fingerprint density at radius 2 is 1.81 bits per heavy atom. The number of Topliss-reactive ketones (excluding diaryl/α,β-unsaturated/α-hetero) is 1. The Morgan fingerprint density at radius 1 is 1.07 bits per heavy atom. The molecule has 10 nitrogen and oxygen atoms in total. The van der Waals surface area contributed by atoms with Crippen molar-refractivity contribution in [3.05, 3.63) is 92.3 Å². The molecule has 1 amide bonds. The van der Waals surface area contributed by atoms with Crippen molar-refractivity contribution in [2.24, 2.45) is 5.73 Å². The summed E-state index contributed by atoms with van der Waals surface area (Å²) in [5, 5.41) is 8.41. The summed E-state index contributed by atoms with van der Waals surface area (Å²) in [7, 11) is 1.44. The molecule has 0 spiro atoms. The third-order valence-corrected chi connectivity index (χ3v) is 6.94. The van der Waals surface area contributed by atoms with Crippen molar-refractivity contribution >= 4 is 34.9 Å². The van der Waals surface area contributed by atoms with Crippen LogP contribution < -0.4 is 16.0 Å². The number of methoxy groups -OCH3 is 1. The number of aromatic nitrogens is 4. The lowest BCUT2D eigenvalue weighted by Crippen LogP contribution is -2.32. The Kier molecular flexibility index (Phi) is 9.69. The van der Waals surface area contributed by atoms with Gasteiger partial charge in [-0.15, -0.1) is 5.10 Å². The second kappa shape index (κ2) is 13.1. The van der Waals surface area contributed by atoms with E-state index in [9.17, 15) is 18.8 Å². The van der Waals surface area contributed by atoms with E-state index in [0.29, 0.717) is 27.4 Å². The van der Waals surface area contributed by atoms with Gasteiger partial charge in [0.2, 0.25) is 0 Å². The van der Waals surface area contributed by atoms with Gasteiger partial charge in [0.1, 0.15) is 11.6 Å². The molecule has 0 bridgehead atoms. The van der Waals surface area contributed by atoms with E-state index in [1.54, 1.807) is 18.2 Å². The van der Waals surface area contributed by atoms with Gasteiger partial charge in [-0.1, -0.05) is 34.5 Å². The lowest BCUT2D eigenvalue weighted by molar-refractivity contribution is -0.122. The molecule has 0 saturated carbocycles. The molecular formula is C30H30Cl2FN5O5. The molecule has 2 heterocycles. The highest BCUT2D eigenvalue weighted by Crippen LogP contribution is 2.35. The number of nitrogens with two attached hydrogens (primary N) is 1. The summed E-state index contributed by atoms with van der Waals surface area (Å²) in [6.45, 7) is 5.79. The highest BCUT2D eigenvalue weighted by molar-refractivity contribution is 6.31. The number of carbonyl (C=O) groups excluding carboxylic acids is 2. The van der Waals surface area contributed by atoms with Gasteiger partial charge < -0.3 is 19.8 Å². The summed E-state index contributed by atoms with van der Waals surface area (Å²) in [5.41, 5.74) is 5.70. The largest absolute Gasteiger partial charge is 0.495 e. The van der Waals surface area contributed by atoms with Crippen molar-refractivity contribution < 1.29 is 23.5 Å². The lowest BCUT2D eigenvalue weighted by atomic mass is 9.99. The Labute approximate surface area is 257 Å². The molecule has 0 radical (unpaired) electrons. The van der Waals surface area contributed by atoms with Crippen LogP contribution in [-0.4, -0.2) is 50.6 Å². The molecule has 2 N–H and O–H groups in total.